The maximum Gasteiger partial charge on any atom is 0.215 e. The summed E-state index contributed by atoms with van der Waals surface area (Å²) in [5.74, 6) is 1.90. The second-order valence-corrected chi connectivity index (χ2v) is 4.55. The van der Waals surface area contributed by atoms with Crippen LogP contribution < -0.4 is 9.64 Å². The fraction of sp³-hybridized carbons (Fsp3) is 0.615. The minimum Gasteiger partial charge on any atom is -0.478 e. The summed E-state index contributed by atoms with van der Waals surface area (Å²) in [4.78, 5) is 6.68. The van der Waals surface area contributed by atoms with Crippen LogP contribution in [0.5, 0.6) is 5.88 Å². The van der Waals surface area contributed by atoms with E-state index in [-0.39, 0.29) is 6.10 Å². The van der Waals surface area contributed by atoms with Gasteiger partial charge in [0.1, 0.15) is 5.82 Å². The van der Waals surface area contributed by atoms with Crippen molar-refractivity contribution in [2.24, 2.45) is 5.92 Å². The number of aromatic nitrogens is 1. The molecule has 1 aliphatic heterocycles. The topological polar surface area (TPSA) is 45.6 Å². The Bertz CT molecular complexity index is 370. The van der Waals surface area contributed by atoms with Crippen LogP contribution in [0.1, 0.15) is 20.3 Å². The van der Waals surface area contributed by atoms with Gasteiger partial charge in [-0.05, 0) is 25.3 Å². The maximum atomic E-state index is 9.71. The molecule has 2 heterocycles. The van der Waals surface area contributed by atoms with Gasteiger partial charge in [0.2, 0.25) is 5.88 Å². The Morgan fingerprint density at radius 1 is 1.53 bits per heavy atom. The van der Waals surface area contributed by atoms with Crippen molar-refractivity contribution in [2.75, 3.05) is 24.6 Å². The smallest absolute Gasteiger partial charge is 0.215 e. The Morgan fingerprint density at radius 2 is 2.35 bits per heavy atom. The largest absolute Gasteiger partial charge is 0.478 e. The summed E-state index contributed by atoms with van der Waals surface area (Å²) >= 11 is 0. The maximum absolute atomic E-state index is 9.71. The third-order valence-corrected chi connectivity index (χ3v) is 3.19. The summed E-state index contributed by atoms with van der Waals surface area (Å²) in [6.07, 6.45) is 0.628. The SMILES string of the molecule is CCOc1cccc(N2CCC(O)C(C)C2)n1. The van der Waals surface area contributed by atoms with Gasteiger partial charge in [-0.1, -0.05) is 13.0 Å². The number of aliphatic hydroxyl groups is 1. The van der Waals surface area contributed by atoms with E-state index in [1.807, 2.05) is 25.1 Å². The number of rotatable bonds is 3. The lowest BCUT2D eigenvalue weighted by Gasteiger charge is -2.35. The Morgan fingerprint density at radius 3 is 3.06 bits per heavy atom. The predicted octanol–water partition coefficient (Wildman–Crippen LogP) is 1.69. The summed E-state index contributed by atoms with van der Waals surface area (Å²) in [6.45, 7) is 6.36. The second-order valence-electron chi connectivity index (χ2n) is 4.55. The van der Waals surface area contributed by atoms with Gasteiger partial charge in [-0.3, -0.25) is 0 Å². The third kappa shape index (κ3) is 2.88. The highest BCUT2D eigenvalue weighted by Gasteiger charge is 2.24. The number of hydrogen-bond donors (Lipinski definition) is 1. The van der Waals surface area contributed by atoms with Crippen molar-refractivity contribution >= 4 is 5.82 Å². The van der Waals surface area contributed by atoms with Crippen molar-refractivity contribution in [3.63, 3.8) is 0 Å². The van der Waals surface area contributed by atoms with Crippen LogP contribution in [-0.2, 0) is 0 Å². The quantitative estimate of drug-likeness (QED) is 0.867. The Hall–Kier alpha value is -1.29. The monoisotopic (exact) mass is 236 g/mol. The predicted molar refractivity (Wildman–Crippen MR) is 67.4 cm³/mol. The first-order chi connectivity index (χ1) is 8.20. The molecule has 1 fully saturated rings. The second kappa shape index (κ2) is 5.36. The highest BCUT2D eigenvalue weighted by molar-refractivity contribution is 5.41. The molecule has 1 saturated heterocycles. The lowest BCUT2D eigenvalue weighted by Crippen LogP contribution is -2.42. The van der Waals surface area contributed by atoms with E-state index in [4.69, 9.17) is 4.74 Å². The first kappa shape index (κ1) is 12.2. The van der Waals surface area contributed by atoms with Crippen LogP contribution in [-0.4, -0.2) is 35.9 Å². The Kier molecular flexibility index (Phi) is 3.84. The molecule has 2 unspecified atom stereocenters. The average molecular weight is 236 g/mol. The van der Waals surface area contributed by atoms with E-state index in [0.717, 1.165) is 25.3 Å². The first-order valence-corrected chi connectivity index (χ1v) is 6.23. The number of ether oxygens (including phenoxy) is 1. The van der Waals surface area contributed by atoms with Crippen molar-refractivity contribution in [2.45, 2.75) is 26.4 Å². The summed E-state index contributed by atoms with van der Waals surface area (Å²) in [7, 11) is 0. The highest BCUT2D eigenvalue weighted by Crippen LogP contribution is 2.23. The molecular formula is C13H20N2O2. The molecule has 4 nitrogen and oxygen atoms in total. The number of piperidine rings is 1. The van der Waals surface area contributed by atoms with E-state index >= 15 is 0 Å². The summed E-state index contributed by atoms with van der Waals surface area (Å²) in [6, 6.07) is 5.82. The highest BCUT2D eigenvalue weighted by atomic mass is 16.5. The van der Waals surface area contributed by atoms with Gasteiger partial charge in [-0.25, -0.2) is 0 Å². The molecular weight excluding hydrogens is 216 g/mol. The molecule has 2 atom stereocenters. The molecule has 1 aliphatic rings. The van der Waals surface area contributed by atoms with Gasteiger partial charge in [0, 0.05) is 19.2 Å². The van der Waals surface area contributed by atoms with Gasteiger partial charge in [-0.2, -0.15) is 4.98 Å². The molecule has 1 aromatic rings. The van der Waals surface area contributed by atoms with Crippen molar-refractivity contribution in [3.8, 4) is 5.88 Å². The molecule has 0 amide bonds. The summed E-state index contributed by atoms with van der Waals surface area (Å²) < 4.78 is 5.40. The lowest BCUT2D eigenvalue weighted by molar-refractivity contribution is 0.0968. The Labute approximate surface area is 102 Å². The van der Waals surface area contributed by atoms with Gasteiger partial charge in [-0.15, -0.1) is 0 Å². The molecule has 0 radical (unpaired) electrons. The zero-order valence-corrected chi connectivity index (χ0v) is 10.5. The molecule has 0 aliphatic carbocycles. The normalized spacial score (nSPS) is 24.8. The van der Waals surface area contributed by atoms with Gasteiger partial charge >= 0.3 is 0 Å². The molecule has 1 N–H and O–H groups in total. The van der Waals surface area contributed by atoms with Crippen LogP contribution in [0.3, 0.4) is 0 Å². The fourth-order valence-electron chi connectivity index (χ4n) is 2.15. The number of hydrogen-bond acceptors (Lipinski definition) is 4. The molecule has 2 rings (SSSR count). The van der Waals surface area contributed by atoms with E-state index < -0.39 is 0 Å². The summed E-state index contributed by atoms with van der Waals surface area (Å²) in [5, 5.41) is 9.71. The number of aliphatic hydroxyl groups excluding tert-OH is 1. The first-order valence-electron chi connectivity index (χ1n) is 6.23. The third-order valence-electron chi connectivity index (χ3n) is 3.19. The zero-order valence-electron chi connectivity index (χ0n) is 10.5. The summed E-state index contributed by atoms with van der Waals surface area (Å²) in [5.41, 5.74) is 0. The van der Waals surface area contributed by atoms with E-state index in [2.05, 4.69) is 16.8 Å². The molecule has 1 aromatic heterocycles. The number of nitrogens with zero attached hydrogens (tertiary/aromatic N) is 2. The van der Waals surface area contributed by atoms with E-state index in [1.54, 1.807) is 0 Å². The number of anilines is 1. The Balaban J connectivity index is 2.09. The number of pyridine rings is 1. The van der Waals surface area contributed by atoms with E-state index in [0.29, 0.717) is 18.4 Å². The van der Waals surface area contributed by atoms with Crippen LogP contribution in [0.4, 0.5) is 5.82 Å². The average Bonchev–Trinajstić information content (AvgIpc) is 2.33. The fourth-order valence-corrected chi connectivity index (χ4v) is 2.15. The van der Waals surface area contributed by atoms with Crippen LogP contribution in [0.2, 0.25) is 0 Å². The minimum atomic E-state index is -0.179. The van der Waals surface area contributed by atoms with Crippen molar-refractivity contribution in [3.05, 3.63) is 18.2 Å². The molecule has 4 heteroatoms. The van der Waals surface area contributed by atoms with Crippen LogP contribution in [0, 0.1) is 5.92 Å². The van der Waals surface area contributed by atoms with Crippen LogP contribution in [0.25, 0.3) is 0 Å². The van der Waals surface area contributed by atoms with Gasteiger partial charge in [0.25, 0.3) is 0 Å². The van der Waals surface area contributed by atoms with Crippen LogP contribution >= 0.6 is 0 Å². The zero-order chi connectivity index (χ0) is 12.3. The van der Waals surface area contributed by atoms with E-state index in [1.165, 1.54) is 0 Å². The molecule has 0 spiro atoms. The van der Waals surface area contributed by atoms with E-state index in [9.17, 15) is 5.11 Å². The minimum absolute atomic E-state index is 0.179. The standard InChI is InChI=1S/C13H20N2O2/c1-3-17-13-6-4-5-12(14-13)15-8-7-11(16)10(2)9-15/h4-6,10-11,16H,3,7-9H2,1-2H3. The molecule has 17 heavy (non-hydrogen) atoms. The van der Waals surface area contributed by atoms with Crippen molar-refractivity contribution in [1.29, 1.82) is 0 Å². The van der Waals surface area contributed by atoms with Gasteiger partial charge in [0.15, 0.2) is 0 Å². The lowest BCUT2D eigenvalue weighted by atomic mass is 9.97. The molecule has 0 aromatic carbocycles. The molecule has 0 saturated carbocycles. The molecule has 0 bridgehead atoms. The van der Waals surface area contributed by atoms with Crippen LogP contribution in [0.15, 0.2) is 18.2 Å². The van der Waals surface area contributed by atoms with Gasteiger partial charge < -0.3 is 14.7 Å². The van der Waals surface area contributed by atoms with Crippen molar-refractivity contribution in [1.82, 2.24) is 4.98 Å². The van der Waals surface area contributed by atoms with Gasteiger partial charge in [0.05, 0.1) is 12.7 Å². The molecule has 94 valence electrons. The van der Waals surface area contributed by atoms with Crippen molar-refractivity contribution < 1.29 is 9.84 Å².